The van der Waals surface area contributed by atoms with Gasteiger partial charge in [0.15, 0.2) is 0 Å². The molecule has 3 rings (SSSR count). The Hall–Kier alpha value is -2.60. The average Bonchev–Trinajstić information content (AvgIpc) is 2.89. The van der Waals surface area contributed by atoms with Crippen LogP contribution in [-0.2, 0) is 18.3 Å². The van der Waals surface area contributed by atoms with Gasteiger partial charge in [-0.1, -0.05) is 11.6 Å². The van der Waals surface area contributed by atoms with Crippen molar-refractivity contribution < 1.29 is 4.79 Å². The zero-order chi connectivity index (χ0) is 19.6. The Bertz CT molecular complexity index is 962. The van der Waals surface area contributed by atoms with Crippen LogP contribution < -0.4 is 10.6 Å². The molecule has 1 aromatic carbocycles. The Kier molecular flexibility index (Phi) is 5.65. The topological polar surface area (TPSA) is 71.8 Å². The van der Waals surface area contributed by atoms with Crippen LogP contribution in [0.1, 0.15) is 23.9 Å². The van der Waals surface area contributed by atoms with E-state index in [0.29, 0.717) is 17.5 Å². The van der Waals surface area contributed by atoms with E-state index >= 15 is 0 Å². The highest BCUT2D eigenvalue weighted by atomic mass is 35.5. The summed E-state index contributed by atoms with van der Waals surface area (Å²) in [5.74, 6) is 0.384. The molecular weight excluding hydrogens is 362 g/mol. The standard InChI is InChI=1S/C20H24ClN5O/c1-12-9-13(2)24-20(23-12)25-14(3)19(27)22-8-7-15-11-26(4)18-6-5-16(21)10-17(15)18/h5-6,9-11,14H,7-8H2,1-4H3,(H,22,27)(H,23,24,25)/t14-/m0/s1. The van der Waals surface area contributed by atoms with Crippen molar-refractivity contribution in [2.45, 2.75) is 33.2 Å². The highest BCUT2D eigenvalue weighted by Gasteiger charge is 2.14. The third kappa shape index (κ3) is 4.57. The fraction of sp³-hybridized carbons (Fsp3) is 0.350. The van der Waals surface area contributed by atoms with Crippen molar-refractivity contribution in [3.8, 4) is 0 Å². The molecule has 142 valence electrons. The van der Waals surface area contributed by atoms with Gasteiger partial charge in [0.25, 0.3) is 0 Å². The van der Waals surface area contributed by atoms with Crippen LogP contribution >= 0.6 is 11.6 Å². The van der Waals surface area contributed by atoms with Crippen LogP contribution in [0.15, 0.2) is 30.5 Å². The van der Waals surface area contributed by atoms with Crippen LogP contribution in [0, 0.1) is 13.8 Å². The van der Waals surface area contributed by atoms with Gasteiger partial charge in [-0.2, -0.15) is 0 Å². The number of halogens is 1. The van der Waals surface area contributed by atoms with Crippen molar-refractivity contribution in [1.82, 2.24) is 19.9 Å². The first-order valence-electron chi connectivity index (χ1n) is 8.93. The van der Waals surface area contributed by atoms with Gasteiger partial charge in [0.05, 0.1) is 0 Å². The van der Waals surface area contributed by atoms with Gasteiger partial charge in [-0.3, -0.25) is 4.79 Å². The van der Waals surface area contributed by atoms with Crippen LogP contribution in [0.25, 0.3) is 10.9 Å². The number of rotatable bonds is 6. The van der Waals surface area contributed by atoms with E-state index in [-0.39, 0.29) is 5.91 Å². The molecule has 1 atom stereocenters. The number of nitrogens with zero attached hydrogens (tertiary/aromatic N) is 3. The third-order valence-electron chi connectivity index (χ3n) is 4.45. The van der Waals surface area contributed by atoms with Crippen molar-refractivity contribution in [3.63, 3.8) is 0 Å². The molecule has 2 aromatic heterocycles. The van der Waals surface area contributed by atoms with E-state index in [2.05, 4.69) is 31.4 Å². The maximum absolute atomic E-state index is 12.4. The van der Waals surface area contributed by atoms with Crippen molar-refractivity contribution in [2.24, 2.45) is 7.05 Å². The van der Waals surface area contributed by atoms with E-state index in [1.807, 2.05) is 45.2 Å². The van der Waals surface area contributed by atoms with Crippen LogP contribution in [-0.4, -0.2) is 33.0 Å². The predicted molar refractivity (Wildman–Crippen MR) is 109 cm³/mol. The van der Waals surface area contributed by atoms with Gasteiger partial charge in [0.1, 0.15) is 6.04 Å². The van der Waals surface area contributed by atoms with Crippen molar-refractivity contribution in [3.05, 3.63) is 52.4 Å². The van der Waals surface area contributed by atoms with Gasteiger partial charge >= 0.3 is 0 Å². The van der Waals surface area contributed by atoms with Crippen LogP contribution in [0.2, 0.25) is 5.02 Å². The molecule has 1 amide bonds. The minimum atomic E-state index is -0.423. The number of carbonyl (C=O) groups excluding carboxylic acids is 1. The molecular formula is C20H24ClN5O. The number of benzene rings is 1. The smallest absolute Gasteiger partial charge is 0.242 e. The first kappa shape index (κ1) is 19.2. The summed E-state index contributed by atoms with van der Waals surface area (Å²) in [7, 11) is 2.01. The molecule has 0 aliphatic rings. The first-order valence-corrected chi connectivity index (χ1v) is 9.31. The van der Waals surface area contributed by atoms with Crippen LogP contribution in [0.3, 0.4) is 0 Å². The van der Waals surface area contributed by atoms with Gasteiger partial charge in [-0.15, -0.1) is 0 Å². The largest absolute Gasteiger partial charge is 0.354 e. The fourth-order valence-corrected chi connectivity index (χ4v) is 3.34. The number of nitrogens with one attached hydrogen (secondary N) is 2. The quantitative estimate of drug-likeness (QED) is 0.682. The highest BCUT2D eigenvalue weighted by Crippen LogP contribution is 2.24. The van der Waals surface area contributed by atoms with E-state index < -0.39 is 6.04 Å². The average molecular weight is 386 g/mol. The molecule has 0 unspecified atom stereocenters. The Balaban J connectivity index is 1.58. The molecule has 0 radical (unpaired) electrons. The lowest BCUT2D eigenvalue weighted by Gasteiger charge is -2.14. The number of carbonyl (C=O) groups is 1. The Morgan fingerprint density at radius 3 is 2.63 bits per heavy atom. The van der Waals surface area contributed by atoms with E-state index in [0.717, 1.165) is 34.3 Å². The molecule has 6 nitrogen and oxygen atoms in total. The van der Waals surface area contributed by atoms with E-state index in [9.17, 15) is 4.79 Å². The van der Waals surface area contributed by atoms with E-state index in [4.69, 9.17) is 11.6 Å². The molecule has 2 N–H and O–H groups in total. The lowest BCUT2D eigenvalue weighted by Crippen LogP contribution is -2.39. The number of aryl methyl sites for hydroxylation is 3. The number of hydrogen-bond acceptors (Lipinski definition) is 4. The van der Waals surface area contributed by atoms with Crippen molar-refractivity contribution in [1.29, 1.82) is 0 Å². The summed E-state index contributed by atoms with van der Waals surface area (Å²) in [5, 5.41) is 7.86. The number of fused-ring (bicyclic) bond motifs is 1. The molecule has 0 bridgehead atoms. The fourth-order valence-electron chi connectivity index (χ4n) is 3.17. The Labute approximate surface area is 164 Å². The SMILES string of the molecule is Cc1cc(C)nc(N[C@@H](C)C(=O)NCCc2cn(C)c3ccc(Cl)cc23)n1. The molecule has 0 aliphatic heterocycles. The second-order valence-electron chi connectivity index (χ2n) is 6.81. The second-order valence-corrected chi connectivity index (χ2v) is 7.24. The summed E-state index contributed by atoms with van der Waals surface area (Å²) in [6.07, 6.45) is 2.81. The molecule has 0 aliphatic carbocycles. The Morgan fingerprint density at radius 1 is 1.22 bits per heavy atom. The highest BCUT2D eigenvalue weighted by molar-refractivity contribution is 6.31. The molecule has 7 heteroatoms. The van der Waals surface area contributed by atoms with E-state index in [1.165, 1.54) is 0 Å². The molecule has 0 spiro atoms. The summed E-state index contributed by atoms with van der Waals surface area (Å²) in [6, 6.07) is 7.34. The summed E-state index contributed by atoms with van der Waals surface area (Å²) in [6.45, 7) is 6.15. The van der Waals surface area contributed by atoms with Crippen molar-refractivity contribution in [2.75, 3.05) is 11.9 Å². The number of hydrogen-bond donors (Lipinski definition) is 2. The van der Waals surface area contributed by atoms with E-state index in [1.54, 1.807) is 6.92 Å². The molecule has 2 heterocycles. The third-order valence-corrected chi connectivity index (χ3v) is 4.68. The predicted octanol–water partition coefficient (Wildman–Crippen LogP) is 3.40. The van der Waals surface area contributed by atoms with Gasteiger partial charge in [-0.25, -0.2) is 9.97 Å². The number of amides is 1. The van der Waals surface area contributed by atoms with Crippen molar-refractivity contribution >= 4 is 34.4 Å². The summed E-state index contributed by atoms with van der Waals surface area (Å²) < 4.78 is 2.07. The maximum atomic E-state index is 12.4. The summed E-state index contributed by atoms with van der Waals surface area (Å²) in [4.78, 5) is 21.0. The molecule has 3 aromatic rings. The van der Waals surface area contributed by atoms with Gasteiger partial charge in [-0.05, 0) is 57.0 Å². The normalized spacial score (nSPS) is 12.2. The summed E-state index contributed by atoms with van der Waals surface area (Å²) in [5.41, 5.74) is 4.02. The zero-order valence-electron chi connectivity index (χ0n) is 16.0. The second kappa shape index (κ2) is 7.96. The first-order chi connectivity index (χ1) is 12.8. The minimum Gasteiger partial charge on any atom is -0.354 e. The Morgan fingerprint density at radius 2 is 1.93 bits per heavy atom. The van der Waals surface area contributed by atoms with Gasteiger partial charge in [0.2, 0.25) is 11.9 Å². The zero-order valence-corrected chi connectivity index (χ0v) is 16.8. The van der Waals surface area contributed by atoms with Crippen LogP contribution in [0.5, 0.6) is 0 Å². The van der Waals surface area contributed by atoms with Crippen LogP contribution in [0.4, 0.5) is 5.95 Å². The number of anilines is 1. The lowest BCUT2D eigenvalue weighted by atomic mass is 10.1. The summed E-state index contributed by atoms with van der Waals surface area (Å²) >= 11 is 6.13. The minimum absolute atomic E-state index is 0.0870. The molecule has 0 saturated carbocycles. The lowest BCUT2D eigenvalue weighted by molar-refractivity contribution is -0.121. The van der Waals surface area contributed by atoms with Gasteiger partial charge in [0, 0.05) is 47.1 Å². The van der Waals surface area contributed by atoms with Gasteiger partial charge < -0.3 is 15.2 Å². The monoisotopic (exact) mass is 385 g/mol. The number of aromatic nitrogens is 3. The molecule has 0 saturated heterocycles. The maximum Gasteiger partial charge on any atom is 0.242 e. The molecule has 27 heavy (non-hydrogen) atoms. The molecule has 0 fully saturated rings.